The van der Waals surface area contributed by atoms with Crippen LogP contribution in [0.1, 0.15) is 15.9 Å². The summed E-state index contributed by atoms with van der Waals surface area (Å²) in [5.74, 6) is -0.818. The standard InChI is InChI=1S/C27H22N6O2/c34-25(16-20-17-28-32(18-20)22-12-6-2-7-13-22)29-30-27(35)24-19-33(23-14-8-3-9-15-23)31-26(24)21-10-4-1-5-11-21/h1-15,17-19H,16H2,(H,29,34)(H,30,35). The summed E-state index contributed by atoms with van der Waals surface area (Å²) >= 11 is 0. The molecule has 0 radical (unpaired) electrons. The first-order chi connectivity index (χ1) is 17.2. The Morgan fingerprint density at radius 2 is 1.31 bits per heavy atom. The van der Waals surface area contributed by atoms with Gasteiger partial charge in [-0.25, -0.2) is 9.36 Å². The SMILES string of the molecule is O=C(Cc1cnn(-c2ccccc2)c1)NNC(=O)c1cn(-c2ccccc2)nc1-c1ccccc1. The van der Waals surface area contributed by atoms with Crippen LogP contribution in [0.25, 0.3) is 22.6 Å². The summed E-state index contributed by atoms with van der Waals surface area (Å²) in [6.07, 6.45) is 5.14. The van der Waals surface area contributed by atoms with E-state index in [4.69, 9.17) is 0 Å². The van der Waals surface area contributed by atoms with Crippen LogP contribution in [0, 0.1) is 0 Å². The number of benzene rings is 3. The molecule has 0 atom stereocenters. The fourth-order valence-electron chi connectivity index (χ4n) is 3.66. The van der Waals surface area contributed by atoms with Gasteiger partial charge in [0, 0.05) is 18.0 Å². The molecule has 0 spiro atoms. The van der Waals surface area contributed by atoms with E-state index in [1.165, 1.54) is 0 Å². The van der Waals surface area contributed by atoms with E-state index < -0.39 is 5.91 Å². The van der Waals surface area contributed by atoms with Gasteiger partial charge in [-0.05, 0) is 29.8 Å². The summed E-state index contributed by atoms with van der Waals surface area (Å²) in [6, 6.07) is 28.6. The Hall–Kier alpha value is -4.98. The van der Waals surface area contributed by atoms with Gasteiger partial charge in [0.1, 0.15) is 5.69 Å². The monoisotopic (exact) mass is 462 g/mol. The predicted molar refractivity (Wildman–Crippen MR) is 132 cm³/mol. The van der Waals surface area contributed by atoms with Crippen LogP contribution in [-0.2, 0) is 11.2 Å². The molecule has 0 aliphatic rings. The maximum Gasteiger partial charge on any atom is 0.273 e. The maximum atomic E-state index is 13.0. The maximum absolute atomic E-state index is 13.0. The van der Waals surface area contributed by atoms with Gasteiger partial charge in [-0.1, -0.05) is 66.7 Å². The third-order valence-corrected chi connectivity index (χ3v) is 5.36. The van der Waals surface area contributed by atoms with Crippen molar-refractivity contribution in [2.75, 3.05) is 0 Å². The highest BCUT2D eigenvalue weighted by molar-refractivity contribution is 6.00. The molecular weight excluding hydrogens is 440 g/mol. The van der Waals surface area contributed by atoms with E-state index in [9.17, 15) is 9.59 Å². The molecule has 35 heavy (non-hydrogen) atoms. The van der Waals surface area contributed by atoms with Gasteiger partial charge in [0.15, 0.2) is 0 Å². The molecular formula is C27H22N6O2. The highest BCUT2D eigenvalue weighted by Crippen LogP contribution is 2.23. The first-order valence-corrected chi connectivity index (χ1v) is 11.1. The van der Waals surface area contributed by atoms with Crippen LogP contribution in [-0.4, -0.2) is 31.4 Å². The van der Waals surface area contributed by atoms with Gasteiger partial charge in [-0.2, -0.15) is 10.2 Å². The Balaban J connectivity index is 1.29. The van der Waals surface area contributed by atoms with Gasteiger partial charge >= 0.3 is 0 Å². The number of para-hydroxylation sites is 2. The van der Waals surface area contributed by atoms with Crippen molar-refractivity contribution in [3.8, 4) is 22.6 Å². The Morgan fingerprint density at radius 3 is 1.97 bits per heavy atom. The van der Waals surface area contributed by atoms with E-state index in [0.29, 0.717) is 11.3 Å². The number of carbonyl (C=O) groups excluding carboxylic acids is 2. The van der Waals surface area contributed by atoms with Crippen molar-refractivity contribution < 1.29 is 9.59 Å². The number of hydrazine groups is 1. The third-order valence-electron chi connectivity index (χ3n) is 5.36. The van der Waals surface area contributed by atoms with Crippen LogP contribution < -0.4 is 10.9 Å². The molecule has 0 bridgehead atoms. The largest absolute Gasteiger partial charge is 0.273 e. The molecule has 5 rings (SSSR count). The second-order valence-electron chi connectivity index (χ2n) is 7.85. The van der Waals surface area contributed by atoms with Crippen LogP contribution in [0.4, 0.5) is 0 Å². The van der Waals surface area contributed by atoms with E-state index in [2.05, 4.69) is 21.0 Å². The average Bonchev–Trinajstić information content (AvgIpc) is 3.57. The lowest BCUT2D eigenvalue weighted by Crippen LogP contribution is -2.42. The number of amides is 2. The second kappa shape index (κ2) is 9.88. The van der Waals surface area contributed by atoms with Gasteiger partial charge in [-0.15, -0.1) is 0 Å². The van der Waals surface area contributed by atoms with Gasteiger partial charge in [0.2, 0.25) is 5.91 Å². The molecule has 5 aromatic rings. The van der Waals surface area contributed by atoms with Crippen molar-refractivity contribution in [1.29, 1.82) is 0 Å². The van der Waals surface area contributed by atoms with Gasteiger partial charge in [0.05, 0.1) is 29.6 Å². The predicted octanol–water partition coefficient (Wildman–Crippen LogP) is 3.73. The molecule has 2 N–H and O–H groups in total. The molecule has 2 aromatic heterocycles. The lowest BCUT2D eigenvalue weighted by atomic mass is 10.1. The zero-order valence-electron chi connectivity index (χ0n) is 18.7. The molecule has 3 aromatic carbocycles. The Morgan fingerprint density at radius 1 is 0.714 bits per heavy atom. The minimum Gasteiger partial charge on any atom is -0.273 e. The zero-order valence-corrected chi connectivity index (χ0v) is 18.7. The average molecular weight is 463 g/mol. The highest BCUT2D eigenvalue weighted by Gasteiger charge is 2.19. The quantitative estimate of drug-likeness (QED) is 0.376. The summed E-state index contributed by atoms with van der Waals surface area (Å²) in [5.41, 5.74) is 9.11. The molecule has 0 aliphatic carbocycles. The van der Waals surface area contributed by atoms with Crippen LogP contribution in [0.2, 0.25) is 0 Å². The number of rotatable bonds is 6. The van der Waals surface area contributed by atoms with Gasteiger partial charge < -0.3 is 0 Å². The summed E-state index contributed by atoms with van der Waals surface area (Å²) in [5, 5.41) is 8.93. The molecule has 2 heterocycles. The van der Waals surface area contributed by atoms with E-state index >= 15 is 0 Å². The van der Waals surface area contributed by atoms with Crippen molar-refractivity contribution in [3.63, 3.8) is 0 Å². The molecule has 0 saturated carbocycles. The fourth-order valence-corrected chi connectivity index (χ4v) is 3.66. The fraction of sp³-hybridized carbons (Fsp3) is 0.0370. The van der Waals surface area contributed by atoms with Crippen LogP contribution in [0.15, 0.2) is 110 Å². The topological polar surface area (TPSA) is 93.8 Å². The number of nitrogens with one attached hydrogen (secondary N) is 2. The number of hydrogen-bond acceptors (Lipinski definition) is 4. The van der Waals surface area contributed by atoms with Crippen molar-refractivity contribution in [2.45, 2.75) is 6.42 Å². The summed E-state index contributed by atoms with van der Waals surface area (Å²) in [6.45, 7) is 0. The minimum absolute atomic E-state index is 0.0714. The van der Waals surface area contributed by atoms with E-state index in [1.54, 1.807) is 28.0 Å². The summed E-state index contributed by atoms with van der Waals surface area (Å²) in [7, 11) is 0. The molecule has 172 valence electrons. The molecule has 8 heteroatoms. The third kappa shape index (κ3) is 5.01. The van der Waals surface area contributed by atoms with E-state index in [1.807, 2.05) is 91.0 Å². The van der Waals surface area contributed by atoms with E-state index in [-0.39, 0.29) is 12.3 Å². The van der Waals surface area contributed by atoms with Gasteiger partial charge in [-0.3, -0.25) is 20.4 Å². The molecule has 0 saturated heterocycles. The number of aromatic nitrogens is 4. The molecule has 2 amide bonds. The zero-order chi connectivity index (χ0) is 24.0. The smallest absolute Gasteiger partial charge is 0.273 e. The normalized spacial score (nSPS) is 10.6. The van der Waals surface area contributed by atoms with Crippen molar-refractivity contribution in [1.82, 2.24) is 30.4 Å². The van der Waals surface area contributed by atoms with Crippen molar-refractivity contribution in [3.05, 3.63) is 121 Å². The van der Waals surface area contributed by atoms with Crippen LogP contribution in [0.5, 0.6) is 0 Å². The lowest BCUT2D eigenvalue weighted by molar-refractivity contribution is -0.121. The first-order valence-electron chi connectivity index (χ1n) is 11.1. The van der Waals surface area contributed by atoms with Crippen molar-refractivity contribution in [2.24, 2.45) is 0 Å². The summed E-state index contributed by atoms with van der Waals surface area (Å²) < 4.78 is 3.35. The number of carbonyl (C=O) groups is 2. The van der Waals surface area contributed by atoms with Crippen molar-refractivity contribution >= 4 is 11.8 Å². The Bertz CT molecular complexity index is 1440. The summed E-state index contributed by atoms with van der Waals surface area (Å²) in [4.78, 5) is 25.5. The molecule has 0 aliphatic heterocycles. The Kier molecular flexibility index (Phi) is 6.17. The number of nitrogens with zero attached hydrogens (tertiary/aromatic N) is 4. The minimum atomic E-state index is -0.459. The first kappa shape index (κ1) is 21.8. The van der Waals surface area contributed by atoms with E-state index in [0.717, 1.165) is 22.5 Å². The Labute approximate surface area is 201 Å². The molecule has 8 nitrogen and oxygen atoms in total. The molecule has 0 unspecified atom stereocenters. The number of hydrogen-bond donors (Lipinski definition) is 2. The molecule has 0 fully saturated rings. The van der Waals surface area contributed by atoms with Gasteiger partial charge in [0.25, 0.3) is 5.91 Å². The highest BCUT2D eigenvalue weighted by atomic mass is 16.2. The lowest BCUT2D eigenvalue weighted by Gasteiger charge is -2.07. The van der Waals surface area contributed by atoms with Crippen LogP contribution in [0.3, 0.4) is 0 Å². The second-order valence-corrected chi connectivity index (χ2v) is 7.85. The van der Waals surface area contributed by atoms with Crippen LogP contribution >= 0.6 is 0 Å².